The number of hydrogen-bond donors (Lipinski definition) is 1. The number of ether oxygens (including phenoxy) is 1. The number of nitrogens with zero attached hydrogens (tertiary/aromatic N) is 3. The second-order valence-corrected chi connectivity index (χ2v) is 9.29. The van der Waals surface area contributed by atoms with E-state index < -0.39 is 0 Å². The molecule has 1 N–H and O–H groups in total. The van der Waals surface area contributed by atoms with Gasteiger partial charge in [0.05, 0.1) is 29.9 Å². The first kappa shape index (κ1) is 19.5. The van der Waals surface area contributed by atoms with Crippen LogP contribution in [0.4, 0.5) is 5.69 Å². The van der Waals surface area contributed by atoms with E-state index in [1.165, 1.54) is 15.3 Å². The molecule has 0 saturated carbocycles. The molecule has 7 nitrogen and oxygen atoms in total. The van der Waals surface area contributed by atoms with Crippen LogP contribution in [0, 0.1) is 0 Å². The van der Waals surface area contributed by atoms with Gasteiger partial charge in [0.15, 0.2) is 11.4 Å². The van der Waals surface area contributed by atoms with Crippen LogP contribution in [0.3, 0.4) is 0 Å². The highest BCUT2D eigenvalue weighted by Gasteiger charge is 2.25. The van der Waals surface area contributed by atoms with Gasteiger partial charge in [-0.05, 0) is 43.0 Å². The molecule has 0 bridgehead atoms. The number of phenolic OH excluding ortho intramolecular Hbond substituents is 1. The van der Waals surface area contributed by atoms with Crippen molar-refractivity contribution in [3.63, 3.8) is 0 Å². The molecule has 1 fully saturated rings. The number of morpholine rings is 1. The molecule has 4 heterocycles. The number of carbonyl (C=O) groups excluding carboxylic acids is 1. The fourth-order valence-electron chi connectivity index (χ4n) is 4.73. The SMILES string of the molecule is O=C(c1cc(N2CCOCC2)c2nc3sc4c(c3c(=O)n2c1)CCC4)c1ccccc1O. The summed E-state index contributed by atoms with van der Waals surface area (Å²) in [6, 6.07) is 8.25. The van der Waals surface area contributed by atoms with Gasteiger partial charge in [-0.25, -0.2) is 4.98 Å². The predicted octanol–water partition coefficient (Wildman–Crippen LogP) is 3.17. The summed E-state index contributed by atoms with van der Waals surface area (Å²) >= 11 is 1.61. The summed E-state index contributed by atoms with van der Waals surface area (Å²) in [6.45, 7) is 2.45. The third-order valence-corrected chi connectivity index (χ3v) is 7.51. The van der Waals surface area contributed by atoms with Gasteiger partial charge in [0.2, 0.25) is 0 Å². The largest absolute Gasteiger partial charge is 0.507 e. The number of carbonyl (C=O) groups is 1. The second kappa shape index (κ2) is 7.43. The summed E-state index contributed by atoms with van der Waals surface area (Å²) in [5, 5.41) is 10.9. The molecule has 1 aliphatic heterocycles. The molecule has 0 unspecified atom stereocenters. The van der Waals surface area contributed by atoms with E-state index >= 15 is 0 Å². The first-order valence-corrected chi connectivity index (χ1v) is 11.6. The maximum absolute atomic E-state index is 13.6. The molecule has 32 heavy (non-hydrogen) atoms. The molecule has 4 aromatic rings. The highest BCUT2D eigenvalue weighted by Crippen LogP contribution is 2.36. The molecular weight excluding hydrogens is 426 g/mol. The van der Waals surface area contributed by atoms with Crippen molar-refractivity contribution in [2.75, 3.05) is 31.2 Å². The first-order chi connectivity index (χ1) is 15.6. The zero-order chi connectivity index (χ0) is 21.8. The van der Waals surface area contributed by atoms with Gasteiger partial charge in [0.25, 0.3) is 5.56 Å². The summed E-state index contributed by atoms with van der Waals surface area (Å²) < 4.78 is 7.02. The van der Waals surface area contributed by atoms with E-state index in [2.05, 4.69) is 4.90 Å². The summed E-state index contributed by atoms with van der Waals surface area (Å²) in [5.74, 6) is -0.413. The van der Waals surface area contributed by atoms with Crippen LogP contribution in [0.2, 0.25) is 0 Å². The molecule has 6 rings (SSSR count). The van der Waals surface area contributed by atoms with Gasteiger partial charge in [-0.1, -0.05) is 12.1 Å². The van der Waals surface area contributed by atoms with Crippen molar-refractivity contribution in [2.24, 2.45) is 0 Å². The Hall–Kier alpha value is -3.23. The van der Waals surface area contributed by atoms with Gasteiger partial charge < -0.3 is 14.7 Å². The summed E-state index contributed by atoms with van der Waals surface area (Å²) in [5.41, 5.74) is 2.82. The molecule has 1 aromatic carbocycles. The summed E-state index contributed by atoms with van der Waals surface area (Å²) in [4.78, 5) is 36.0. The number of phenols is 1. The maximum atomic E-state index is 13.6. The highest BCUT2D eigenvalue weighted by molar-refractivity contribution is 7.18. The van der Waals surface area contributed by atoms with E-state index in [-0.39, 0.29) is 22.7 Å². The number of ketones is 1. The lowest BCUT2D eigenvalue weighted by atomic mass is 10.0. The van der Waals surface area contributed by atoms with Crippen LogP contribution in [-0.4, -0.2) is 46.6 Å². The number of fused-ring (bicyclic) bond motifs is 4. The molecule has 1 saturated heterocycles. The standard InChI is InChI=1S/C24H21N3O4S/c28-18-6-2-1-4-15(18)21(29)14-12-17(26-8-10-31-11-9-26)22-25-23-20(24(30)27(22)13-14)16-5-3-7-19(16)32-23/h1-2,4,6,12-13,28H,3,5,7-11H2. The number of benzene rings is 1. The molecule has 8 heteroatoms. The zero-order valence-electron chi connectivity index (χ0n) is 17.3. The van der Waals surface area contributed by atoms with Crippen molar-refractivity contribution in [1.82, 2.24) is 9.38 Å². The lowest BCUT2D eigenvalue weighted by Gasteiger charge is -2.29. The number of aryl methyl sites for hydroxylation is 2. The Bertz CT molecular complexity index is 1450. The lowest BCUT2D eigenvalue weighted by Crippen LogP contribution is -2.37. The normalized spacial score (nSPS) is 16.1. The van der Waals surface area contributed by atoms with E-state index in [1.807, 2.05) is 0 Å². The van der Waals surface area contributed by atoms with Gasteiger partial charge in [0.1, 0.15) is 10.6 Å². The van der Waals surface area contributed by atoms with E-state index in [9.17, 15) is 14.7 Å². The van der Waals surface area contributed by atoms with E-state index in [4.69, 9.17) is 9.72 Å². The molecule has 0 spiro atoms. The number of aromatic nitrogens is 2. The Morgan fingerprint density at radius 2 is 1.97 bits per heavy atom. The van der Waals surface area contributed by atoms with E-state index in [0.29, 0.717) is 42.9 Å². The van der Waals surface area contributed by atoms with Crippen LogP contribution >= 0.6 is 11.3 Å². The fraction of sp³-hybridized carbons (Fsp3) is 0.292. The Morgan fingerprint density at radius 1 is 1.16 bits per heavy atom. The van der Waals surface area contributed by atoms with Gasteiger partial charge in [-0.15, -0.1) is 11.3 Å². The zero-order valence-corrected chi connectivity index (χ0v) is 18.2. The molecular formula is C24H21N3O4S. The molecule has 1 aliphatic carbocycles. The minimum absolute atomic E-state index is 0.0814. The van der Waals surface area contributed by atoms with E-state index in [0.717, 1.165) is 35.3 Å². The van der Waals surface area contributed by atoms with Crippen molar-refractivity contribution >= 4 is 38.7 Å². The molecule has 2 aliphatic rings. The molecule has 3 aromatic heterocycles. The molecule has 0 radical (unpaired) electrons. The fourth-order valence-corrected chi connectivity index (χ4v) is 5.98. The minimum atomic E-state index is -0.331. The smallest absolute Gasteiger partial charge is 0.266 e. The topological polar surface area (TPSA) is 84.1 Å². The van der Waals surface area contributed by atoms with E-state index in [1.54, 1.807) is 41.8 Å². The summed E-state index contributed by atoms with van der Waals surface area (Å²) in [7, 11) is 0. The average molecular weight is 448 g/mol. The quantitative estimate of drug-likeness (QED) is 0.486. The second-order valence-electron chi connectivity index (χ2n) is 8.21. The van der Waals surface area contributed by atoms with Crippen molar-refractivity contribution in [3.8, 4) is 5.75 Å². The van der Waals surface area contributed by atoms with Crippen LogP contribution in [-0.2, 0) is 17.6 Å². The number of aromatic hydroxyl groups is 1. The molecule has 0 amide bonds. The predicted molar refractivity (Wildman–Crippen MR) is 123 cm³/mol. The molecule has 0 atom stereocenters. The lowest BCUT2D eigenvalue weighted by molar-refractivity contribution is 0.103. The number of anilines is 1. The van der Waals surface area contributed by atoms with Crippen molar-refractivity contribution in [1.29, 1.82) is 0 Å². The number of thiophene rings is 1. The van der Waals surface area contributed by atoms with Gasteiger partial charge in [0, 0.05) is 29.7 Å². The van der Waals surface area contributed by atoms with Crippen molar-refractivity contribution < 1.29 is 14.6 Å². The third kappa shape index (κ3) is 2.94. The van der Waals surface area contributed by atoms with Gasteiger partial charge in [-0.3, -0.25) is 14.0 Å². The Labute approximate surface area is 187 Å². The number of pyridine rings is 1. The first-order valence-electron chi connectivity index (χ1n) is 10.8. The van der Waals surface area contributed by atoms with Crippen LogP contribution < -0.4 is 10.5 Å². The average Bonchev–Trinajstić information content (AvgIpc) is 3.40. The van der Waals surface area contributed by atoms with Crippen molar-refractivity contribution in [3.05, 3.63) is 68.4 Å². The number of rotatable bonds is 3. The van der Waals surface area contributed by atoms with Crippen LogP contribution in [0.5, 0.6) is 5.75 Å². The minimum Gasteiger partial charge on any atom is -0.507 e. The monoisotopic (exact) mass is 447 g/mol. The Kier molecular flexibility index (Phi) is 4.51. The van der Waals surface area contributed by atoms with Crippen LogP contribution in [0.25, 0.3) is 15.9 Å². The third-order valence-electron chi connectivity index (χ3n) is 6.32. The highest BCUT2D eigenvalue weighted by atomic mass is 32.1. The van der Waals surface area contributed by atoms with Gasteiger partial charge >= 0.3 is 0 Å². The maximum Gasteiger partial charge on any atom is 0.266 e. The number of para-hydroxylation sites is 1. The van der Waals surface area contributed by atoms with Crippen LogP contribution in [0.15, 0.2) is 41.3 Å². The van der Waals surface area contributed by atoms with Crippen LogP contribution in [0.1, 0.15) is 32.8 Å². The Balaban J connectivity index is 1.63. The Morgan fingerprint density at radius 3 is 2.78 bits per heavy atom. The summed E-state index contributed by atoms with van der Waals surface area (Å²) in [6.07, 6.45) is 4.52. The molecule has 162 valence electrons. The van der Waals surface area contributed by atoms with Gasteiger partial charge in [-0.2, -0.15) is 0 Å². The number of hydrogen-bond acceptors (Lipinski definition) is 7. The van der Waals surface area contributed by atoms with Crippen molar-refractivity contribution in [2.45, 2.75) is 19.3 Å².